The lowest BCUT2D eigenvalue weighted by atomic mass is 10.1. The zero-order valence-electron chi connectivity index (χ0n) is 8.86. The minimum absolute atomic E-state index is 0.0401. The maximum atomic E-state index is 11.6. The van der Waals surface area contributed by atoms with Crippen molar-refractivity contribution in [2.75, 3.05) is 0 Å². The van der Waals surface area contributed by atoms with Gasteiger partial charge in [-0.05, 0) is 18.8 Å². The predicted molar refractivity (Wildman–Crippen MR) is 63.6 cm³/mol. The molecule has 0 aliphatic heterocycles. The van der Waals surface area contributed by atoms with Gasteiger partial charge in [-0.3, -0.25) is 0 Å². The Balaban J connectivity index is 2.59. The highest BCUT2D eigenvalue weighted by Crippen LogP contribution is 2.19. The van der Waals surface area contributed by atoms with Crippen LogP contribution in [0.3, 0.4) is 0 Å². The molecule has 5 nitrogen and oxygen atoms in total. The molecule has 4 N–H and O–H groups in total. The summed E-state index contributed by atoms with van der Waals surface area (Å²) in [6.07, 6.45) is 1.81. The summed E-state index contributed by atoms with van der Waals surface area (Å²) in [5, 5.41) is 0. The molecule has 15 heavy (non-hydrogen) atoms. The normalized spacial score (nSPS) is 19.1. The van der Waals surface area contributed by atoms with E-state index in [4.69, 9.17) is 18.0 Å². The van der Waals surface area contributed by atoms with Crippen LogP contribution in [0.15, 0.2) is 0 Å². The molecule has 1 aliphatic carbocycles. The summed E-state index contributed by atoms with van der Waals surface area (Å²) in [6, 6.07) is -0.405. The van der Waals surface area contributed by atoms with Gasteiger partial charge in [-0.1, -0.05) is 26.1 Å². The molecule has 1 rings (SSSR count). The van der Waals surface area contributed by atoms with Crippen molar-refractivity contribution < 1.29 is 8.42 Å². The van der Waals surface area contributed by atoms with Gasteiger partial charge >= 0.3 is 0 Å². The van der Waals surface area contributed by atoms with Gasteiger partial charge < -0.3 is 5.73 Å². The van der Waals surface area contributed by atoms with Gasteiger partial charge in [-0.25, -0.2) is 0 Å². The molecule has 1 saturated carbocycles. The van der Waals surface area contributed by atoms with Crippen LogP contribution in [0.4, 0.5) is 0 Å². The molecule has 1 atom stereocenters. The number of rotatable bonds is 6. The molecule has 0 bridgehead atoms. The summed E-state index contributed by atoms with van der Waals surface area (Å²) in [5.41, 5.74) is 5.47. The minimum atomic E-state index is -3.48. The first kappa shape index (κ1) is 12.8. The molecule has 0 amide bonds. The lowest BCUT2D eigenvalue weighted by Gasteiger charge is -2.20. The Kier molecular flexibility index (Phi) is 4.05. The van der Waals surface area contributed by atoms with Crippen molar-refractivity contribution >= 4 is 27.4 Å². The summed E-state index contributed by atoms with van der Waals surface area (Å²) in [4.78, 5) is 0.172. The van der Waals surface area contributed by atoms with Gasteiger partial charge in [0.25, 0.3) is 10.2 Å². The molecule has 1 aliphatic rings. The molecule has 1 fully saturated rings. The topological polar surface area (TPSA) is 84.2 Å². The molecular formula is C8H17N3O2S2. The Labute approximate surface area is 96.0 Å². The zero-order chi connectivity index (χ0) is 11.6. The number of nitrogens with one attached hydrogen (secondary N) is 2. The van der Waals surface area contributed by atoms with E-state index >= 15 is 0 Å². The summed E-state index contributed by atoms with van der Waals surface area (Å²) < 4.78 is 28.1. The highest BCUT2D eigenvalue weighted by atomic mass is 32.2. The lowest BCUT2D eigenvalue weighted by molar-refractivity contribution is 0.517. The summed E-state index contributed by atoms with van der Waals surface area (Å²) in [5.74, 6) is 0.0401. The molecule has 0 saturated heterocycles. The van der Waals surface area contributed by atoms with E-state index in [1.165, 1.54) is 0 Å². The van der Waals surface area contributed by atoms with E-state index < -0.39 is 16.3 Å². The second-order valence-corrected chi connectivity index (χ2v) is 6.09. The van der Waals surface area contributed by atoms with Crippen LogP contribution in [0.1, 0.15) is 26.7 Å². The van der Waals surface area contributed by atoms with E-state index in [9.17, 15) is 8.42 Å². The standard InChI is InChI=1S/C8H17N3O2S2/c1-5(2)7(8(9)14)11-15(12,13)10-6-3-4-6/h5-7,10-11H,3-4H2,1-2H3,(H2,9,14). The van der Waals surface area contributed by atoms with Crippen molar-refractivity contribution in [3.05, 3.63) is 0 Å². The van der Waals surface area contributed by atoms with Crippen molar-refractivity contribution in [2.24, 2.45) is 11.7 Å². The molecule has 1 unspecified atom stereocenters. The molecule has 0 aromatic carbocycles. The van der Waals surface area contributed by atoms with Gasteiger partial charge in [-0.15, -0.1) is 0 Å². The summed E-state index contributed by atoms with van der Waals surface area (Å²) in [7, 11) is -3.48. The van der Waals surface area contributed by atoms with Gasteiger partial charge in [0, 0.05) is 6.04 Å². The van der Waals surface area contributed by atoms with Crippen LogP contribution in [0.2, 0.25) is 0 Å². The van der Waals surface area contributed by atoms with Gasteiger partial charge in [0.1, 0.15) is 0 Å². The van der Waals surface area contributed by atoms with Gasteiger partial charge in [0.15, 0.2) is 0 Å². The molecule has 0 heterocycles. The van der Waals surface area contributed by atoms with E-state index in [0.29, 0.717) is 0 Å². The summed E-state index contributed by atoms with van der Waals surface area (Å²) in [6.45, 7) is 3.73. The van der Waals surface area contributed by atoms with Gasteiger partial charge in [-0.2, -0.15) is 17.9 Å². The smallest absolute Gasteiger partial charge is 0.277 e. The molecule has 0 aromatic rings. The monoisotopic (exact) mass is 251 g/mol. The average molecular weight is 251 g/mol. The molecular weight excluding hydrogens is 234 g/mol. The van der Waals surface area contributed by atoms with E-state index in [1.54, 1.807) is 0 Å². The quantitative estimate of drug-likeness (QED) is 0.575. The largest absolute Gasteiger partial charge is 0.392 e. The first-order chi connectivity index (χ1) is 6.82. The second-order valence-electron chi connectivity index (χ2n) is 4.14. The van der Waals surface area contributed by atoms with Crippen LogP contribution < -0.4 is 15.2 Å². The van der Waals surface area contributed by atoms with Crippen molar-refractivity contribution in [3.63, 3.8) is 0 Å². The van der Waals surface area contributed by atoms with Gasteiger partial charge in [0.2, 0.25) is 0 Å². The predicted octanol–water partition coefficient (Wildman–Crippen LogP) is -0.116. The fourth-order valence-corrected chi connectivity index (χ4v) is 3.03. The minimum Gasteiger partial charge on any atom is -0.392 e. The highest BCUT2D eigenvalue weighted by Gasteiger charge is 2.29. The SMILES string of the molecule is CC(C)C(NS(=O)(=O)NC1CC1)C(N)=S. The first-order valence-corrected chi connectivity index (χ1v) is 6.80. The van der Waals surface area contributed by atoms with Crippen LogP contribution in [0, 0.1) is 5.92 Å². The first-order valence-electron chi connectivity index (χ1n) is 4.90. The average Bonchev–Trinajstić information content (AvgIpc) is 2.82. The van der Waals surface area contributed by atoms with E-state index in [2.05, 4.69) is 9.44 Å². The number of thiocarbonyl (C=S) groups is 1. The molecule has 7 heteroatoms. The molecule has 88 valence electrons. The number of nitrogens with two attached hydrogens (primary N) is 1. The number of hydrogen-bond donors (Lipinski definition) is 3. The van der Waals surface area contributed by atoms with Gasteiger partial charge in [0.05, 0.1) is 11.0 Å². The van der Waals surface area contributed by atoms with E-state index in [0.717, 1.165) is 12.8 Å². The Morgan fingerprint density at radius 1 is 1.47 bits per heavy atom. The summed E-state index contributed by atoms with van der Waals surface area (Å²) >= 11 is 4.81. The third-order valence-corrected chi connectivity index (χ3v) is 3.62. The Hall–Kier alpha value is -0.240. The zero-order valence-corrected chi connectivity index (χ0v) is 10.5. The highest BCUT2D eigenvalue weighted by molar-refractivity contribution is 7.87. The Morgan fingerprint density at radius 2 is 2.00 bits per heavy atom. The van der Waals surface area contributed by atoms with E-state index in [1.807, 2.05) is 13.8 Å². The van der Waals surface area contributed by atoms with E-state index in [-0.39, 0.29) is 16.9 Å². The fourth-order valence-electron chi connectivity index (χ4n) is 1.14. The molecule has 0 spiro atoms. The fraction of sp³-hybridized carbons (Fsp3) is 0.875. The third kappa shape index (κ3) is 4.42. The Bertz CT molecular complexity index is 336. The van der Waals surface area contributed by atoms with Crippen LogP contribution in [0.5, 0.6) is 0 Å². The van der Waals surface area contributed by atoms with Crippen LogP contribution in [-0.2, 0) is 10.2 Å². The Morgan fingerprint density at radius 3 is 2.33 bits per heavy atom. The lowest BCUT2D eigenvalue weighted by Crippen LogP contribution is -2.51. The van der Waals surface area contributed by atoms with Crippen LogP contribution >= 0.6 is 12.2 Å². The van der Waals surface area contributed by atoms with Crippen LogP contribution in [0.25, 0.3) is 0 Å². The molecule has 0 radical (unpaired) electrons. The van der Waals surface area contributed by atoms with Crippen molar-refractivity contribution in [1.82, 2.24) is 9.44 Å². The maximum Gasteiger partial charge on any atom is 0.277 e. The van der Waals surface area contributed by atoms with Crippen LogP contribution in [-0.4, -0.2) is 25.5 Å². The van der Waals surface area contributed by atoms with Crippen molar-refractivity contribution in [1.29, 1.82) is 0 Å². The third-order valence-electron chi connectivity index (χ3n) is 2.15. The molecule has 0 aromatic heterocycles. The maximum absolute atomic E-state index is 11.6. The van der Waals surface area contributed by atoms with Crippen molar-refractivity contribution in [2.45, 2.75) is 38.8 Å². The second kappa shape index (κ2) is 4.73. The number of hydrogen-bond acceptors (Lipinski definition) is 3. The van der Waals surface area contributed by atoms with Crippen molar-refractivity contribution in [3.8, 4) is 0 Å².